The summed E-state index contributed by atoms with van der Waals surface area (Å²) in [7, 11) is 3.64. The van der Waals surface area contributed by atoms with Crippen LogP contribution in [0.15, 0.2) is 59.5 Å². The number of aromatic nitrogens is 1. The molecule has 1 aliphatic heterocycles. The molecule has 1 saturated heterocycles. The topological polar surface area (TPSA) is 54.8 Å². The van der Waals surface area contributed by atoms with E-state index in [1.807, 2.05) is 41.3 Å². The molecule has 0 N–H and O–H groups in total. The number of hydrogen-bond acceptors (Lipinski definition) is 4. The minimum Gasteiger partial charge on any atom is -0.497 e. The number of piperazine rings is 1. The Morgan fingerprint density at radius 1 is 0.964 bits per heavy atom. The summed E-state index contributed by atoms with van der Waals surface area (Å²) in [6.07, 6.45) is 1.67. The van der Waals surface area contributed by atoms with Gasteiger partial charge in [-0.2, -0.15) is 0 Å². The van der Waals surface area contributed by atoms with Crippen LogP contribution < -0.4 is 10.3 Å². The molecule has 0 saturated carbocycles. The zero-order valence-corrected chi connectivity index (χ0v) is 16.1. The highest BCUT2D eigenvalue weighted by molar-refractivity contribution is 6.06. The van der Waals surface area contributed by atoms with Gasteiger partial charge in [-0.3, -0.25) is 14.2 Å². The lowest BCUT2D eigenvalue weighted by Crippen LogP contribution is -2.47. The number of carbonyl (C=O) groups excluding carboxylic acids is 1. The number of likely N-dealkylation sites (N-methyl/N-ethyl adjacent to an activating group) is 1. The van der Waals surface area contributed by atoms with E-state index in [4.69, 9.17) is 4.74 Å². The molecule has 4 rings (SSSR count). The van der Waals surface area contributed by atoms with Crippen molar-refractivity contribution >= 4 is 16.7 Å². The van der Waals surface area contributed by atoms with E-state index in [1.165, 1.54) is 4.57 Å². The van der Waals surface area contributed by atoms with Crippen LogP contribution in [0.25, 0.3) is 16.5 Å². The number of carbonyl (C=O) groups is 1. The maximum Gasteiger partial charge on any atom is 0.262 e. The van der Waals surface area contributed by atoms with Gasteiger partial charge in [0.25, 0.3) is 11.5 Å². The maximum atomic E-state index is 13.3. The van der Waals surface area contributed by atoms with Crippen LogP contribution in [0.1, 0.15) is 10.4 Å². The van der Waals surface area contributed by atoms with Crippen molar-refractivity contribution in [2.24, 2.45) is 0 Å². The standard InChI is InChI=1S/C22H23N3O3/c1-23-10-12-24(13-11-23)21(26)20-15-25(16-6-5-7-17(14-16)28-2)22(27)19-9-4-3-8-18(19)20/h3-9,14-15H,10-13H2,1-2H3. The molecule has 144 valence electrons. The first-order valence-electron chi connectivity index (χ1n) is 9.35. The Morgan fingerprint density at radius 2 is 1.68 bits per heavy atom. The molecule has 1 aromatic heterocycles. The van der Waals surface area contributed by atoms with Gasteiger partial charge in [-0.25, -0.2) is 0 Å². The minimum atomic E-state index is -0.154. The van der Waals surface area contributed by atoms with Crippen LogP contribution in [-0.2, 0) is 0 Å². The van der Waals surface area contributed by atoms with Crippen LogP contribution in [0, 0.1) is 0 Å². The highest BCUT2D eigenvalue weighted by atomic mass is 16.5. The van der Waals surface area contributed by atoms with Crippen LogP contribution in [0.5, 0.6) is 5.75 Å². The van der Waals surface area contributed by atoms with Gasteiger partial charge >= 0.3 is 0 Å². The summed E-state index contributed by atoms with van der Waals surface area (Å²) in [5, 5.41) is 1.22. The van der Waals surface area contributed by atoms with Gasteiger partial charge in [0.2, 0.25) is 0 Å². The molecular formula is C22H23N3O3. The fraction of sp³-hybridized carbons (Fsp3) is 0.273. The third-order valence-corrected chi connectivity index (χ3v) is 5.28. The molecule has 0 unspecified atom stereocenters. The fourth-order valence-corrected chi connectivity index (χ4v) is 3.59. The molecule has 1 fully saturated rings. The van der Waals surface area contributed by atoms with Gasteiger partial charge in [0.15, 0.2) is 0 Å². The number of fused-ring (bicyclic) bond motifs is 1. The quantitative estimate of drug-likeness (QED) is 0.703. The summed E-state index contributed by atoms with van der Waals surface area (Å²) in [4.78, 5) is 30.5. The van der Waals surface area contributed by atoms with Crippen molar-refractivity contribution in [1.82, 2.24) is 14.4 Å². The van der Waals surface area contributed by atoms with E-state index in [-0.39, 0.29) is 11.5 Å². The van der Waals surface area contributed by atoms with Gasteiger partial charge in [0, 0.05) is 49.2 Å². The van der Waals surface area contributed by atoms with E-state index in [9.17, 15) is 9.59 Å². The van der Waals surface area contributed by atoms with Crippen LogP contribution in [0.4, 0.5) is 0 Å². The van der Waals surface area contributed by atoms with Crippen molar-refractivity contribution in [3.8, 4) is 11.4 Å². The van der Waals surface area contributed by atoms with E-state index in [0.717, 1.165) is 13.1 Å². The van der Waals surface area contributed by atoms with Crippen molar-refractivity contribution in [3.05, 3.63) is 70.6 Å². The number of pyridine rings is 1. The van der Waals surface area contributed by atoms with Crippen LogP contribution in [-0.4, -0.2) is 60.6 Å². The maximum absolute atomic E-state index is 13.3. The predicted molar refractivity (Wildman–Crippen MR) is 109 cm³/mol. The highest BCUT2D eigenvalue weighted by Crippen LogP contribution is 2.21. The minimum absolute atomic E-state index is 0.0408. The first kappa shape index (κ1) is 18.3. The first-order valence-corrected chi connectivity index (χ1v) is 9.35. The van der Waals surface area contributed by atoms with Crippen LogP contribution in [0.3, 0.4) is 0 Å². The largest absolute Gasteiger partial charge is 0.497 e. The monoisotopic (exact) mass is 377 g/mol. The Bertz CT molecular complexity index is 1080. The van der Waals surface area contributed by atoms with Gasteiger partial charge < -0.3 is 14.5 Å². The summed E-state index contributed by atoms with van der Waals surface area (Å²) in [6.45, 7) is 3.06. The van der Waals surface area contributed by atoms with Gasteiger partial charge in [-0.1, -0.05) is 24.3 Å². The van der Waals surface area contributed by atoms with Crippen molar-refractivity contribution in [3.63, 3.8) is 0 Å². The average Bonchev–Trinajstić information content (AvgIpc) is 2.74. The van der Waals surface area contributed by atoms with E-state index in [1.54, 1.807) is 25.4 Å². The lowest BCUT2D eigenvalue weighted by atomic mass is 10.1. The van der Waals surface area contributed by atoms with Gasteiger partial charge in [-0.15, -0.1) is 0 Å². The Balaban J connectivity index is 1.87. The Morgan fingerprint density at radius 3 is 2.39 bits per heavy atom. The lowest BCUT2D eigenvalue weighted by molar-refractivity contribution is 0.0665. The molecule has 0 aliphatic carbocycles. The molecule has 0 radical (unpaired) electrons. The van der Waals surface area contributed by atoms with E-state index >= 15 is 0 Å². The molecule has 3 aromatic rings. The lowest BCUT2D eigenvalue weighted by Gasteiger charge is -2.32. The molecule has 2 aromatic carbocycles. The zero-order chi connectivity index (χ0) is 19.7. The number of amides is 1. The molecule has 0 atom stereocenters. The Kier molecular flexibility index (Phi) is 4.88. The van der Waals surface area contributed by atoms with Crippen molar-refractivity contribution < 1.29 is 9.53 Å². The van der Waals surface area contributed by atoms with Crippen LogP contribution >= 0.6 is 0 Å². The van der Waals surface area contributed by atoms with Crippen molar-refractivity contribution in [2.75, 3.05) is 40.3 Å². The summed E-state index contributed by atoms with van der Waals surface area (Å²) in [6, 6.07) is 14.6. The number of methoxy groups -OCH3 is 1. The molecule has 0 spiro atoms. The van der Waals surface area contributed by atoms with E-state index < -0.39 is 0 Å². The Labute approximate surface area is 163 Å². The van der Waals surface area contributed by atoms with Gasteiger partial charge in [0.05, 0.1) is 18.4 Å². The summed E-state index contributed by atoms with van der Waals surface area (Å²) >= 11 is 0. The Hall–Kier alpha value is -3.12. The number of rotatable bonds is 3. The second-order valence-electron chi connectivity index (χ2n) is 7.06. The summed E-state index contributed by atoms with van der Waals surface area (Å²) in [5.74, 6) is 0.616. The third kappa shape index (κ3) is 3.27. The molecule has 6 nitrogen and oxygen atoms in total. The molecule has 6 heteroatoms. The van der Waals surface area contributed by atoms with E-state index in [2.05, 4.69) is 11.9 Å². The van der Waals surface area contributed by atoms with Gasteiger partial charge in [-0.05, 0) is 25.2 Å². The normalized spacial score (nSPS) is 15.0. The second kappa shape index (κ2) is 7.48. The first-order chi connectivity index (χ1) is 13.6. The van der Waals surface area contributed by atoms with Gasteiger partial charge in [0.1, 0.15) is 5.75 Å². The van der Waals surface area contributed by atoms with Crippen LogP contribution in [0.2, 0.25) is 0 Å². The average molecular weight is 377 g/mol. The SMILES string of the molecule is COc1cccc(-n2cc(C(=O)N3CCN(C)CC3)c3ccccc3c2=O)c1. The number of ether oxygens (including phenoxy) is 1. The molecular weight excluding hydrogens is 354 g/mol. The molecule has 0 bridgehead atoms. The van der Waals surface area contributed by atoms with Crippen molar-refractivity contribution in [2.45, 2.75) is 0 Å². The number of nitrogens with zero attached hydrogens (tertiary/aromatic N) is 3. The zero-order valence-electron chi connectivity index (χ0n) is 16.1. The molecule has 28 heavy (non-hydrogen) atoms. The smallest absolute Gasteiger partial charge is 0.262 e. The highest BCUT2D eigenvalue weighted by Gasteiger charge is 2.23. The predicted octanol–water partition coefficient (Wildman–Crippen LogP) is 2.39. The molecule has 1 aliphatic rings. The fourth-order valence-electron chi connectivity index (χ4n) is 3.59. The van der Waals surface area contributed by atoms with E-state index in [0.29, 0.717) is 40.9 Å². The summed E-state index contributed by atoms with van der Waals surface area (Å²) < 4.78 is 6.83. The number of benzene rings is 2. The van der Waals surface area contributed by atoms with Crippen molar-refractivity contribution in [1.29, 1.82) is 0 Å². The third-order valence-electron chi connectivity index (χ3n) is 5.28. The molecule has 1 amide bonds. The second-order valence-corrected chi connectivity index (χ2v) is 7.06. The number of hydrogen-bond donors (Lipinski definition) is 0. The summed E-state index contributed by atoms with van der Waals surface area (Å²) in [5.41, 5.74) is 1.06. The molecule has 2 heterocycles.